The van der Waals surface area contributed by atoms with Gasteiger partial charge in [-0.2, -0.15) is 8.78 Å². The molecule has 1 unspecified atom stereocenters. The molecule has 23 heavy (non-hydrogen) atoms. The highest BCUT2D eigenvalue weighted by Crippen LogP contribution is 2.66. The zero-order valence-electron chi connectivity index (χ0n) is 14.1. The molecule has 0 amide bonds. The van der Waals surface area contributed by atoms with Gasteiger partial charge in [-0.3, -0.25) is 4.79 Å². The molecule has 0 aromatic carbocycles. The Hall–Kier alpha value is -0.990. The lowest BCUT2D eigenvalue weighted by atomic mass is 9.45. The maximum atomic E-state index is 13.7. The number of hydrogen-bond acceptors (Lipinski definition) is 1. The average molecular weight is 320 g/mol. The van der Waals surface area contributed by atoms with Gasteiger partial charge in [0.15, 0.2) is 5.78 Å². The van der Waals surface area contributed by atoms with Gasteiger partial charge in [-0.15, -0.1) is 0 Å². The van der Waals surface area contributed by atoms with Crippen molar-refractivity contribution in [1.29, 1.82) is 0 Å². The second-order valence-corrected chi connectivity index (χ2v) is 8.87. The second kappa shape index (κ2) is 5.00. The number of hydrogen-bond donors (Lipinski definition) is 0. The van der Waals surface area contributed by atoms with E-state index in [1.54, 1.807) is 6.08 Å². The Kier molecular flexibility index (Phi) is 3.38. The van der Waals surface area contributed by atoms with E-state index in [-0.39, 0.29) is 23.5 Å². The largest absolute Gasteiger partial charge is 0.295 e. The highest BCUT2D eigenvalue weighted by molar-refractivity contribution is 5.91. The average Bonchev–Trinajstić information content (AvgIpc) is 2.89. The van der Waals surface area contributed by atoms with Crippen molar-refractivity contribution in [3.63, 3.8) is 0 Å². The van der Waals surface area contributed by atoms with Gasteiger partial charge in [-0.05, 0) is 72.3 Å². The molecule has 0 N–H and O–H groups in total. The van der Waals surface area contributed by atoms with Gasteiger partial charge in [0.2, 0.25) is 0 Å². The van der Waals surface area contributed by atoms with Crippen LogP contribution >= 0.6 is 0 Å². The highest BCUT2D eigenvalue weighted by Gasteiger charge is 2.58. The fraction of sp³-hybridized carbons (Fsp3) is 0.750. The zero-order valence-corrected chi connectivity index (χ0v) is 14.1. The molecule has 126 valence electrons. The Morgan fingerprint density at radius 2 is 1.91 bits per heavy atom. The van der Waals surface area contributed by atoms with Gasteiger partial charge in [0.1, 0.15) is 0 Å². The van der Waals surface area contributed by atoms with Crippen LogP contribution in [0.4, 0.5) is 8.78 Å². The zero-order chi connectivity index (χ0) is 16.4. The van der Waals surface area contributed by atoms with Crippen molar-refractivity contribution in [3.8, 4) is 0 Å². The lowest BCUT2D eigenvalue weighted by Crippen LogP contribution is -2.52. The molecular weight excluding hydrogens is 294 g/mol. The summed E-state index contributed by atoms with van der Waals surface area (Å²) in [5, 5.41) is 0. The van der Waals surface area contributed by atoms with Gasteiger partial charge in [-0.25, -0.2) is 0 Å². The molecule has 4 aliphatic carbocycles. The standard InChI is InChI=1S/C20H26F2O/c1-19-7-3-4-15(19)13-11-14(18(21)22)17-10-12(23)5-9-20(17,2)16(13)6-8-19/h5,9,13,15-17H,3-4,6-8,10-11H2,1-2H3/t13-,15-,16-,17?,19-,20+/m0/s1. The van der Waals surface area contributed by atoms with Crippen LogP contribution in [0.1, 0.15) is 58.8 Å². The van der Waals surface area contributed by atoms with Crippen LogP contribution in [0.5, 0.6) is 0 Å². The highest BCUT2D eigenvalue weighted by atomic mass is 19.3. The number of carbonyl (C=O) groups excluding carboxylic acids is 1. The Morgan fingerprint density at radius 3 is 2.65 bits per heavy atom. The molecule has 0 spiro atoms. The van der Waals surface area contributed by atoms with Gasteiger partial charge in [0.25, 0.3) is 6.08 Å². The van der Waals surface area contributed by atoms with E-state index in [1.807, 2.05) is 6.08 Å². The summed E-state index contributed by atoms with van der Waals surface area (Å²) in [6, 6.07) is 0. The van der Waals surface area contributed by atoms with Gasteiger partial charge < -0.3 is 0 Å². The number of ketones is 1. The molecule has 3 heteroatoms. The smallest absolute Gasteiger partial charge is 0.269 e. The summed E-state index contributed by atoms with van der Waals surface area (Å²) < 4.78 is 27.5. The first kappa shape index (κ1) is 15.5. The van der Waals surface area contributed by atoms with Gasteiger partial charge in [0.05, 0.1) is 0 Å². The minimum Gasteiger partial charge on any atom is -0.295 e. The van der Waals surface area contributed by atoms with E-state index in [2.05, 4.69) is 13.8 Å². The minimum atomic E-state index is -1.52. The number of carbonyl (C=O) groups is 1. The van der Waals surface area contributed by atoms with Crippen LogP contribution < -0.4 is 0 Å². The van der Waals surface area contributed by atoms with Crippen LogP contribution in [0.25, 0.3) is 0 Å². The Morgan fingerprint density at radius 1 is 1.13 bits per heavy atom. The van der Waals surface area contributed by atoms with Crippen LogP contribution in [0.2, 0.25) is 0 Å². The van der Waals surface area contributed by atoms with E-state index < -0.39 is 6.08 Å². The first-order chi connectivity index (χ1) is 10.8. The normalized spacial score (nSPS) is 48.7. The molecule has 0 bridgehead atoms. The van der Waals surface area contributed by atoms with Crippen molar-refractivity contribution in [3.05, 3.63) is 23.8 Å². The van der Waals surface area contributed by atoms with Crippen LogP contribution in [-0.2, 0) is 4.79 Å². The summed E-state index contributed by atoms with van der Waals surface area (Å²) in [7, 11) is 0. The van der Waals surface area contributed by atoms with E-state index in [4.69, 9.17) is 0 Å². The van der Waals surface area contributed by atoms with Crippen molar-refractivity contribution in [2.45, 2.75) is 58.8 Å². The number of rotatable bonds is 0. The summed E-state index contributed by atoms with van der Waals surface area (Å²) in [4.78, 5) is 11.9. The van der Waals surface area contributed by atoms with E-state index in [9.17, 15) is 13.6 Å². The fourth-order valence-corrected chi connectivity index (χ4v) is 6.70. The number of allylic oxidation sites excluding steroid dienone is 3. The van der Waals surface area contributed by atoms with Gasteiger partial charge in [-0.1, -0.05) is 26.3 Å². The van der Waals surface area contributed by atoms with Crippen molar-refractivity contribution in [2.24, 2.45) is 34.5 Å². The topological polar surface area (TPSA) is 17.1 Å². The molecule has 0 aliphatic heterocycles. The van der Waals surface area contributed by atoms with E-state index >= 15 is 0 Å². The molecule has 1 nitrogen and oxygen atoms in total. The third-order valence-electron chi connectivity index (χ3n) is 7.92. The molecule has 3 saturated carbocycles. The maximum absolute atomic E-state index is 13.7. The summed E-state index contributed by atoms with van der Waals surface area (Å²) in [6.07, 6.45) is 8.97. The summed E-state index contributed by atoms with van der Waals surface area (Å²) in [5.74, 6) is 1.13. The van der Waals surface area contributed by atoms with Gasteiger partial charge >= 0.3 is 0 Å². The van der Waals surface area contributed by atoms with E-state index in [0.29, 0.717) is 35.2 Å². The van der Waals surface area contributed by atoms with Crippen LogP contribution in [0, 0.1) is 34.5 Å². The van der Waals surface area contributed by atoms with E-state index in [1.165, 1.54) is 25.7 Å². The molecule has 0 saturated heterocycles. The molecule has 4 rings (SSSR count). The van der Waals surface area contributed by atoms with Crippen molar-refractivity contribution >= 4 is 5.78 Å². The quantitative estimate of drug-likeness (QED) is 0.574. The first-order valence-electron chi connectivity index (χ1n) is 9.11. The molecule has 0 radical (unpaired) electrons. The van der Waals surface area contributed by atoms with Crippen molar-refractivity contribution in [2.75, 3.05) is 0 Å². The monoisotopic (exact) mass is 320 g/mol. The Balaban J connectivity index is 1.80. The molecule has 0 aromatic heterocycles. The van der Waals surface area contributed by atoms with Crippen molar-refractivity contribution in [1.82, 2.24) is 0 Å². The van der Waals surface area contributed by atoms with E-state index in [0.717, 1.165) is 6.42 Å². The molecule has 0 aromatic rings. The third kappa shape index (κ3) is 2.11. The molecule has 4 aliphatic rings. The molecular formula is C20H26F2O. The number of halogens is 2. The van der Waals surface area contributed by atoms with Crippen LogP contribution in [-0.4, -0.2) is 5.78 Å². The second-order valence-electron chi connectivity index (χ2n) is 8.87. The first-order valence-corrected chi connectivity index (χ1v) is 9.11. The minimum absolute atomic E-state index is 0.00573. The lowest BCUT2D eigenvalue weighted by Gasteiger charge is -2.58. The molecule has 0 heterocycles. The van der Waals surface area contributed by atoms with Crippen molar-refractivity contribution < 1.29 is 13.6 Å². The Labute approximate surface area is 137 Å². The molecule has 3 fully saturated rings. The van der Waals surface area contributed by atoms with Crippen LogP contribution in [0.15, 0.2) is 23.8 Å². The fourth-order valence-electron chi connectivity index (χ4n) is 6.70. The van der Waals surface area contributed by atoms with Gasteiger partial charge in [0, 0.05) is 12.3 Å². The lowest BCUT2D eigenvalue weighted by molar-refractivity contribution is -0.119. The Bertz CT molecular complexity index is 603. The van der Waals surface area contributed by atoms with Crippen LogP contribution in [0.3, 0.4) is 0 Å². The summed E-state index contributed by atoms with van der Waals surface area (Å²) in [5.41, 5.74) is 0.387. The number of fused-ring (bicyclic) bond motifs is 5. The maximum Gasteiger partial charge on any atom is 0.269 e. The predicted molar refractivity (Wildman–Crippen MR) is 85.9 cm³/mol. The summed E-state index contributed by atoms with van der Waals surface area (Å²) >= 11 is 0. The molecule has 6 atom stereocenters. The predicted octanol–water partition coefficient (Wildman–Crippen LogP) is 5.52. The summed E-state index contributed by atoms with van der Waals surface area (Å²) in [6.45, 7) is 4.52. The third-order valence-corrected chi connectivity index (χ3v) is 7.92. The SMILES string of the molecule is C[C@@]12CCC[C@H]1[C@@H]1CC(=C(F)F)C3CC(=O)C=C[C@]3(C)[C@H]1CC2.